The van der Waals surface area contributed by atoms with Crippen LogP contribution in [0.15, 0.2) is 97.6 Å². The molecule has 0 aliphatic heterocycles. The Morgan fingerprint density at radius 1 is 0.368 bits per heavy atom. The number of aromatic nitrogens is 8. The third-order valence-electron chi connectivity index (χ3n) is 15.1. The minimum Gasteiger partial charge on any atom is -0.507 e. The number of phenolic OH excluding ortho intramolecular Hbond substituents is 2. The van der Waals surface area contributed by atoms with E-state index < -0.39 is 0 Å². The predicted molar refractivity (Wildman–Crippen MR) is 314 cm³/mol. The van der Waals surface area contributed by atoms with Gasteiger partial charge < -0.3 is 19.3 Å². The van der Waals surface area contributed by atoms with Crippen LogP contribution < -0.4 is 0 Å². The summed E-state index contributed by atoms with van der Waals surface area (Å²) >= 11 is 0. The molecular weight excluding hydrogens is 937 g/mol. The molecule has 0 amide bonds. The first-order valence-corrected chi connectivity index (χ1v) is 26.7. The lowest BCUT2D eigenvalue weighted by Crippen LogP contribution is -2.17. The van der Waals surface area contributed by atoms with Crippen molar-refractivity contribution in [3.05, 3.63) is 131 Å². The second-order valence-electron chi connectivity index (χ2n) is 27.3. The van der Waals surface area contributed by atoms with Gasteiger partial charge in [0.1, 0.15) is 40.5 Å². The minimum atomic E-state index is -0.292. The zero-order valence-corrected chi connectivity index (χ0v) is 48.7. The predicted octanol–water partition coefficient (Wildman–Crippen LogP) is 16.2. The Labute approximate surface area is 450 Å². The van der Waals surface area contributed by atoms with Gasteiger partial charge in [-0.05, 0) is 121 Å². The van der Waals surface area contributed by atoms with Crippen molar-refractivity contribution >= 4 is 22.1 Å². The van der Waals surface area contributed by atoms with Crippen LogP contribution in [0.1, 0.15) is 158 Å². The molecule has 0 atom stereocenters. The molecule has 10 heteroatoms. The fourth-order valence-electron chi connectivity index (χ4n) is 10.1. The van der Waals surface area contributed by atoms with Crippen LogP contribution in [0.2, 0.25) is 0 Å². The normalized spacial score (nSPS) is 13.1. The SMILES string of the molecule is Cn1c(-c2cc(C(C)(C)C)cc(C(C)(C)C)c2O)nc2c(-c3cc(-c4cc(-c5cc(-c6nccc7c6nc(-c6cc(C(C)(C)C)cc(C(C)(C)C)c6O)n7C)cc(C(C)(C)C)c5)ncn4)cc(C(C)(C)C)c3)nccc21. The largest absolute Gasteiger partial charge is 0.507 e. The number of imidazole rings is 2. The van der Waals surface area contributed by atoms with Gasteiger partial charge in [-0.15, -0.1) is 0 Å². The summed E-state index contributed by atoms with van der Waals surface area (Å²) in [6.07, 6.45) is 5.35. The van der Waals surface area contributed by atoms with E-state index >= 15 is 0 Å². The Kier molecular flexibility index (Phi) is 12.9. The number of aromatic hydroxyl groups is 2. The average molecular weight is 1020 g/mol. The van der Waals surface area contributed by atoms with E-state index in [0.29, 0.717) is 22.8 Å². The third kappa shape index (κ3) is 9.91. The van der Waals surface area contributed by atoms with Crippen molar-refractivity contribution in [2.75, 3.05) is 0 Å². The second-order valence-corrected chi connectivity index (χ2v) is 27.3. The zero-order chi connectivity index (χ0) is 55.6. The molecule has 9 rings (SSSR count). The van der Waals surface area contributed by atoms with Gasteiger partial charge in [0.15, 0.2) is 0 Å². The number of hydrogen-bond acceptors (Lipinski definition) is 8. The van der Waals surface area contributed by atoms with E-state index in [1.807, 2.05) is 38.6 Å². The van der Waals surface area contributed by atoms with Gasteiger partial charge in [-0.3, -0.25) is 9.97 Å². The molecule has 5 aromatic heterocycles. The summed E-state index contributed by atoms with van der Waals surface area (Å²) in [6, 6.07) is 27.8. The first-order chi connectivity index (χ1) is 35.1. The number of benzene rings is 4. The van der Waals surface area contributed by atoms with E-state index in [1.165, 1.54) is 0 Å². The molecule has 5 heterocycles. The molecule has 394 valence electrons. The van der Waals surface area contributed by atoms with Crippen LogP contribution in [0.25, 0.3) is 89.9 Å². The fraction of sp³-hybridized carbons (Fsp3) is 0.394. The van der Waals surface area contributed by atoms with Gasteiger partial charge in [0, 0.05) is 59.9 Å². The van der Waals surface area contributed by atoms with Crippen LogP contribution in [0.4, 0.5) is 0 Å². The monoisotopic (exact) mass is 1010 g/mol. The highest BCUT2D eigenvalue weighted by atomic mass is 16.3. The lowest BCUT2D eigenvalue weighted by atomic mass is 9.79. The van der Waals surface area contributed by atoms with Crippen LogP contribution in [-0.4, -0.2) is 49.3 Å². The van der Waals surface area contributed by atoms with Crippen molar-refractivity contribution in [3.63, 3.8) is 0 Å². The van der Waals surface area contributed by atoms with Crippen LogP contribution in [0.3, 0.4) is 0 Å². The van der Waals surface area contributed by atoms with Crippen molar-refractivity contribution < 1.29 is 10.2 Å². The lowest BCUT2D eigenvalue weighted by molar-refractivity contribution is 0.445. The summed E-state index contributed by atoms with van der Waals surface area (Å²) in [4.78, 5) is 30.6. The number of hydrogen-bond donors (Lipinski definition) is 2. The molecule has 2 N–H and O–H groups in total. The molecule has 0 bridgehead atoms. The molecule has 0 aliphatic carbocycles. The second kappa shape index (κ2) is 18.2. The number of phenols is 2. The molecule has 0 spiro atoms. The van der Waals surface area contributed by atoms with Crippen molar-refractivity contribution in [2.45, 2.75) is 157 Å². The maximum atomic E-state index is 12.0. The number of aryl methyl sites for hydroxylation is 2. The Bertz CT molecular complexity index is 3510. The van der Waals surface area contributed by atoms with Crippen LogP contribution >= 0.6 is 0 Å². The van der Waals surface area contributed by atoms with Crippen molar-refractivity contribution in [1.82, 2.24) is 39.0 Å². The van der Waals surface area contributed by atoms with Gasteiger partial charge in [-0.1, -0.05) is 137 Å². The number of fused-ring (bicyclic) bond motifs is 2. The number of nitrogens with zero attached hydrogens (tertiary/aromatic N) is 8. The zero-order valence-electron chi connectivity index (χ0n) is 48.7. The highest BCUT2D eigenvalue weighted by molar-refractivity contribution is 5.95. The molecule has 0 aliphatic rings. The van der Waals surface area contributed by atoms with Crippen LogP contribution in [0.5, 0.6) is 11.5 Å². The van der Waals surface area contributed by atoms with Gasteiger partial charge in [-0.25, -0.2) is 19.9 Å². The van der Waals surface area contributed by atoms with Gasteiger partial charge in [-0.2, -0.15) is 0 Å². The Morgan fingerprint density at radius 2 is 0.697 bits per heavy atom. The molecule has 9 aromatic rings. The summed E-state index contributed by atoms with van der Waals surface area (Å²) in [5, 5.41) is 24.0. The Balaban J connectivity index is 1.18. The van der Waals surface area contributed by atoms with Crippen LogP contribution in [-0.2, 0) is 46.6 Å². The summed E-state index contributed by atoms with van der Waals surface area (Å²) in [5.41, 5.74) is 16.4. The maximum absolute atomic E-state index is 12.0. The number of rotatable bonds is 6. The van der Waals surface area contributed by atoms with Crippen molar-refractivity contribution in [2.24, 2.45) is 14.1 Å². The standard InChI is InChI=1S/C66H78N8O2/c1-61(2,3)41-27-37(25-39(29-41)53-55-51(21-23-67-53)73(19)59(71-55)45-31-43(63(7,8)9)33-47(57(45)75)65(13,14)15)49-35-50(70-36-69-49)38-26-40(30-42(28-38)62(4,5)6)54-56-52(22-24-68-54)74(20)60(72-56)46-32-44(64(10,11)12)34-48(58(46)76)66(16,17)18/h21-36,75-76H,1-20H3. The lowest BCUT2D eigenvalue weighted by Gasteiger charge is -2.27. The molecule has 0 unspecified atom stereocenters. The van der Waals surface area contributed by atoms with E-state index in [-0.39, 0.29) is 44.0 Å². The van der Waals surface area contributed by atoms with Gasteiger partial charge in [0.25, 0.3) is 0 Å². The first-order valence-electron chi connectivity index (χ1n) is 26.7. The molecule has 0 saturated heterocycles. The Hall–Kier alpha value is -7.20. The molecule has 4 aromatic carbocycles. The maximum Gasteiger partial charge on any atom is 0.144 e. The Morgan fingerprint density at radius 3 is 1.03 bits per heavy atom. The van der Waals surface area contributed by atoms with E-state index in [1.54, 1.807) is 6.33 Å². The van der Waals surface area contributed by atoms with E-state index in [2.05, 4.69) is 200 Å². The van der Waals surface area contributed by atoms with Crippen molar-refractivity contribution in [1.29, 1.82) is 0 Å². The molecule has 0 fully saturated rings. The average Bonchev–Trinajstić information content (AvgIpc) is 3.85. The van der Waals surface area contributed by atoms with E-state index in [9.17, 15) is 10.2 Å². The summed E-state index contributed by atoms with van der Waals surface area (Å²) < 4.78 is 4.14. The smallest absolute Gasteiger partial charge is 0.144 e. The quantitative estimate of drug-likeness (QED) is 0.169. The van der Waals surface area contributed by atoms with Crippen LogP contribution in [0, 0.1) is 0 Å². The number of pyridine rings is 2. The molecule has 76 heavy (non-hydrogen) atoms. The van der Waals surface area contributed by atoms with Gasteiger partial charge >= 0.3 is 0 Å². The highest BCUT2D eigenvalue weighted by Gasteiger charge is 2.31. The molecule has 10 nitrogen and oxygen atoms in total. The topological polar surface area (TPSA) is 128 Å². The third-order valence-corrected chi connectivity index (χ3v) is 15.1. The summed E-state index contributed by atoms with van der Waals surface area (Å²) in [6.45, 7) is 39.4. The minimum absolute atomic E-state index is 0.151. The first kappa shape index (κ1) is 53.6. The van der Waals surface area contributed by atoms with Gasteiger partial charge in [0.2, 0.25) is 0 Å². The summed E-state index contributed by atoms with van der Waals surface area (Å²) in [5.74, 6) is 1.85. The summed E-state index contributed by atoms with van der Waals surface area (Å²) in [7, 11) is 4.03. The molecule has 0 radical (unpaired) electrons. The van der Waals surface area contributed by atoms with E-state index in [4.69, 9.17) is 29.9 Å². The van der Waals surface area contributed by atoms with Gasteiger partial charge in [0.05, 0.1) is 44.9 Å². The van der Waals surface area contributed by atoms with Crippen molar-refractivity contribution in [3.8, 4) is 79.3 Å². The molecular formula is C66H78N8O2. The fourth-order valence-corrected chi connectivity index (χ4v) is 10.1. The highest BCUT2D eigenvalue weighted by Crippen LogP contribution is 2.46. The van der Waals surface area contributed by atoms with E-state index in [0.717, 1.165) is 100 Å². The molecule has 0 saturated carbocycles.